The largest absolute Gasteiger partial charge is 0.355 e. The SMILES string of the molecule is CNC(=O)c1ccc(N2CCC(C(=O)N3CCc4ccccc43)CC2)nn1. The van der Waals surface area contributed by atoms with Gasteiger partial charge in [0.05, 0.1) is 0 Å². The molecule has 1 aromatic heterocycles. The monoisotopic (exact) mass is 365 g/mol. The van der Waals surface area contributed by atoms with Crippen LogP contribution in [0.2, 0.25) is 0 Å². The molecule has 4 rings (SSSR count). The number of hydrogen-bond donors (Lipinski definition) is 1. The molecule has 0 bridgehead atoms. The Kier molecular flexibility index (Phi) is 4.75. The van der Waals surface area contributed by atoms with E-state index in [0.717, 1.165) is 50.4 Å². The Morgan fingerprint density at radius 3 is 2.52 bits per heavy atom. The standard InChI is InChI=1S/C20H23N5O2/c1-21-19(26)16-6-7-18(23-22-16)24-11-8-15(9-12-24)20(27)25-13-10-14-4-2-3-5-17(14)25/h2-7,15H,8-13H2,1H3,(H,21,26). The summed E-state index contributed by atoms with van der Waals surface area (Å²) in [6.45, 7) is 2.31. The van der Waals surface area contributed by atoms with Gasteiger partial charge in [0, 0.05) is 38.3 Å². The summed E-state index contributed by atoms with van der Waals surface area (Å²) in [6.07, 6.45) is 2.54. The molecule has 1 saturated heterocycles. The molecule has 0 saturated carbocycles. The minimum Gasteiger partial charge on any atom is -0.355 e. The number of anilines is 2. The van der Waals surface area contributed by atoms with E-state index in [1.807, 2.05) is 29.2 Å². The van der Waals surface area contributed by atoms with E-state index in [2.05, 4.69) is 26.5 Å². The Balaban J connectivity index is 1.38. The number of benzene rings is 1. The molecule has 2 amide bonds. The number of carbonyl (C=O) groups excluding carboxylic acids is 2. The van der Waals surface area contributed by atoms with Gasteiger partial charge in [-0.3, -0.25) is 9.59 Å². The van der Waals surface area contributed by atoms with Crippen molar-refractivity contribution in [3.05, 3.63) is 47.7 Å². The van der Waals surface area contributed by atoms with Crippen molar-refractivity contribution in [1.29, 1.82) is 0 Å². The number of carbonyl (C=O) groups is 2. The molecule has 0 radical (unpaired) electrons. The van der Waals surface area contributed by atoms with Crippen LogP contribution in [0.5, 0.6) is 0 Å². The lowest BCUT2D eigenvalue weighted by molar-refractivity contribution is -0.122. The van der Waals surface area contributed by atoms with Crippen molar-refractivity contribution in [1.82, 2.24) is 15.5 Å². The smallest absolute Gasteiger partial charge is 0.271 e. The number of nitrogens with zero attached hydrogens (tertiary/aromatic N) is 4. The Bertz CT molecular complexity index is 844. The molecule has 0 unspecified atom stereocenters. The zero-order chi connectivity index (χ0) is 18.8. The third-order valence-electron chi connectivity index (χ3n) is 5.43. The van der Waals surface area contributed by atoms with Crippen molar-refractivity contribution < 1.29 is 9.59 Å². The summed E-state index contributed by atoms with van der Waals surface area (Å²) in [7, 11) is 1.57. The van der Waals surface area contributed by atoms with Gasteiger partial charge in [-0.25, -0.2) is 0 Å². The van der Waals surface area contributed by atoms with E-state index < -0.39 is 0 Å². The normalized spacial score (nSPS) is 16.9. The van der Waals surface area contributed by atoms with Crippen molar-refractivity contribution in [3.8, 4) is 0 Å². The quantitative estimate of drug-likeness (QED) is 0.895. The van der Waals surface area contributed by atoms with Crippen LogP contribution in [0.25, 0.3) is 0 Å². The second-order valence-electron chi connectivity index (χ2n) is 6.99. The molecule has 2 aromatic rings. The molecular weight excluding hydrogens is 342 g/mol. The zero-order valence-corrected chi connectivity index (χ0v) is 15.4. The molecule has 2 aliphatic rings. The predicted octanol–water partition coefficient (Wildman–Crippen LogP) is 1.64. The number of fused-ring (bicyclic) bond motifs is 1. The fraction of sp³-hybridized carbons (Fsp3) is 0.400. The third kappa shape index (κ3) is 3.37. The van der Waals surface area contributed by atoms with E-state index in [0.29, 0.717) is 5.69 Å². The lowest BCUT2D eigenvalue weighted by atomic mass is 9.95. The molecule has 1 aromatic carbocycles. The van der Waals surface area contributed by atoms with Crippen molar-refractivity contribution >= 4 is 23.3 Å². The first-order valence-electron chi connectivity index (χ1n) is 9.37. The average molecular weight is 365 g/mol. The highest BCUT2D eigenvalue weighted by molar-refractivity contribution is 5.97. The summed E-state index contributed by atoms with van der Waals surface area (Å²) < 4.78 is 0. The van der Waals surface area contributed by atoms with Crippen LogP contribution in [-0.2, 0) is 11.2 Å². The molecule has 0 spiro atoms. The van der Waals surface area contributed by atoms with Crippen LogP contribution in [0, 0.1) is 5.92 Å². The van der Waals surface area contributed by atoms with Gasteiger partial charge in [-0.15, -0.1) is 10.2 Å². The van der Waals surface area contributed by atoms with Crippen LogP contribution in [0.15, 0.2) is 36.4 Å². The van der Waals surface area contributed by atoms with Crippen molar-refractivity contribution in [2.45, 2.75) is 19.3 Å². The molecule has 1 N–H and O–H groups in total. The Hall–Kier alpha value is -2.96. The average Bonchev–Trinajstić information content (AvgIpc) is 3.17. The van der Waals surface area contributed by atoms with Gasteiger partial charge in [-0.1, -0.05) is 18.2 Å². The van der Waals surface area contributed by atoms with Gasteiger partial charge in [-0.2, -0.15) is 0 Å². The number of rotatable bonds is 3. The van der Waals surface area contributed by atoms with Gasteiger partial charge in [0.25, 0.3) is 5.91 Å². The summed E-state index contributed by atoms with van der Waals surface area (Å²) in [5, 5.41) is 10.7. The summed E-state index contributed by atoms with van der Waals surface area (Å²) in [5.41, 5.74) is 2.63. The van der Waals surface area contributed by atoms with Crippen LogP contribution in [0.3, 0.4) is 0 Å². The van der Waals surface area contributed by atoms with Gasteiger partial charge in [0.15, 0.2) is 11.5 Å². The molecule has 27 heavy (non-hydrogen) atoms. The highest BCUT2D eigenvalue weighted by atomic mass is 16.2. The second-order valence-corrected chi connectivity index (χ2v) is 6.99. The lowest BCUT2D eigenvalue weighted by Crippen LogP contribution is -2.42. The molecule has 0 atom stereocenters. The fourth-order valence-electron chi connectivity index (χ4n) is 3.89. The number of piperidine rings is 1. The predicted molar refractivity (Wildman–Crippen MR) is 103 cm³/mol. The second kappa shape index (κ2) is 7.34. The number of nitrogens with one attached hydrogen (secondary N) is 1. The van der Waals surface area contributed by atoms with Crippen LogP contribution in [0.1, 0.15) is 28.9 Å². The van der Waals surface area contributed by atoms with Crippen LogP contribution in [-0.4, -0.2) is 48.7 Å². The van der Waals surface area contributed by atoms with E-state index in [9.17, 15) is 9.59 Å². The van der Waals surface area contributed by atoms with Crippen LogP contribution in [0.4, 0.5) is 11.5 Å². The Morgan fingerprint density at radius 2 is 1.81 bits per heavy atom. The summed E-state index contributed by atoms with van der Waals surface area (Å²) in [6, 6.07) is 11.7. The lowest BCUT2D eigenvalue weighted by Gasteiger charge is -2.33. The summed E-state index contributed by atoms with van der Waals surface area (Å²) in [4.78, 5) is 28.6. The molecule has 7 nitrogen and oxygen atoms in total. The van der Waals surface area contributed by atoms with Gasteiger partial charge in [-0.05, 0) is 43.0 Å². The zero-order valence-electron chi connectivity index (χ0n) is 15.4. The van der Waals surface area contributed by atoms with Crippen LogP contribution < -0.4 is 15.1 Å². The first-order chi connectivity index (χ1) is 13.2. The minimum atomic E-state index is -0.246. The van der Waals surface area contributed by atoms with E-state index in [1.54, 1.807) is 13.1 Å². The van der Waals surface area contributed by atoms with E-state index >= 15 is 0 Å². The Morgan fingerprint density at radius 1 is 1.04 bits per heavy atom. The highest BCUT2D eigenvalue weighted by Gasteiger charge is 2.32. The number of hydrogen-bond acceptors (Lipinski definition) is 5. The first kappa shape index (κ1) is 17.5. The van der Waals surface area contributed by atoms with Crippen LogP contribution >= 0.6 is 0 Å². The maximum Gasteiger partial charge on any atom is 0.271 e. The molecule has 3 heterocycles. The topological polar surface area (TPSA) is 78.4 Å². The van der Waals surface area contributed by atoms with E-state index in [4.69, 9.17) is 0 Å². The van der Waals surface area contributed by atoms with Gasteiger partial charge in [0.2, 0.25) is 5.91 Å². The van der Waals surface area contributed by atoms with Gasteiger partial charge in [0.1, 0.15) is 0 Å². The minimum absolute atomic E-state index is 0.0468. The molecule has 140 valence electrons. The van der Waals surface area contributed by atoms with E-state index in [-0.39, 0.29) is 17.7 Å². The molecule has 7 heteroatoms. The van der Waals surface area contributed by atoms with E-state index in [1.165, 1.54) is 5.56 Å². The highest BCUT2D eigenvalue weighted by Crippen LogP contribution is 2.31. The maximum absolute atomic E-state index is 13.0. The molecular formula is C20H23N5O2. The number of aromatic nitrogens is 2. The van der Waals surface area contributed by atoms with Crippen molar-refractivity contribution in [2.75, 3.05) is 36.5 Å². The molecule has 2 aliphatic heterocycles. The molecule has 0 aliphatic carbocycles. The maximum atomic E-state index is 13.0. The molecule has 1 fully saturated rings. The van der Waals surface area contributed by atoms with Gasteiger partial charge >= 0.3 is 0 Å². The van der Waals surface area contributed by atoms with Gasteiger partial charge < -0.3 is 15.1 Å². The Labute approximate surface area is 158 Å². The fourth-order valence-corrected chi connectivity index (χ4v) is 3.89. The van der Waals surface area contributed by atoms with Crippen molar-refractivity contribution in [2.24, 2.45) is 5.92 Å². The summed E-state index contributed by atoms with van der Waals surface area (Å²) >= 11 is 0. The third-order valence-corrected chi connectivity index (χ3v) is 5.43. The first-order valence-corrected chi connectivity index (χ1v) is 9.37. The number of amides is 2. The van der Waals surface area contributed by atoms with Crippen molar-refractivity contribution in [3.63, 3.8) is 0 Å². The number of para-hydroxylation sites is 1. The summed E-state index contributed by atoms with van der Waals surface area (Å²) in [5.74, 6) is 0.787.